The van der Waals surface area contributed by atoms with Crippen LogP contribution in [-0.4, -0.2) is 21.6 Å². The molecule has 1 aromatic rings. The molecule has 7 nitrogen and oxygen atoms in total. The predicted octanol–water partition coefficient (Wildman–Crippen LogP) is 1.20. The van der Waals surface area contributed by atoms with E-state index in [-0.39, 0.29) is 24.7 Å². The molecule has 0 aliphatic rings. The van der Waals surface area contributed by atoms with E-state index in [0.29, 0.717) is 6.54 Å². The highest BCUT2D eigenvalue weighted by Gasteiger charge is 2.29. The normalized spacial score (nSPS) is 12.0. The Morgan fingerprint density at radius 2 is 1.87 bits per heavy atom. The van der Waals surface area contributed by atoms with E-state index in [4.69, 9.17) is 0 Å². The largest absolute Gasteiger partial charge is 0.331 e. The van der Waals surface area contributed by atoms with Crippen LogP contribution >= 0.6 is 0 Å². The number of aryl methyl sites for hydroxylation is 1. The number of amides is 1. The first-order valence-corrected chi connectivity index (χ1v) is 7.89. The highest BCUT2D eigenvalue weighted by Crippen LogP contribution is 2.17. The maximum atomic E-state index is 12.7. The van der Waals surface area contributed by atoms with Crippen molar-refractivity contribution in [2.24, 2.45) is 11.8 Å². The second kappa shape index (κ2) is 7.77. The van der Waals surface area contributed by atoms with Crippen LogP contribution in [0.25, 0.3) is 0 Å². The van der Waals surface area contributed by atoms with E-state index >= 15 is 0 Å². The van der Waals surface area contributed by atoms with E-state index in [1.807, 2.05) is 6.07 Å². The van der Waals surface area contributed by atoms with Gasteiger partial charge in [0.2, 0.25) is 5.91 Å². The first-order chi connectivity index (χ1) is 10.8. The number of carbonyl (C=O) groups excluding carboxylic acids is 1. The second-order valence-corrected chi connectivity index (χ2v) is 5.57. The van der Waals surface area contributed by atoms with Crippen LogP contribution in [0.2, 0.25) is 0 Å². The van der Waals surface area contributed by atoms with Crippen LogP contribution in [0.3, 0.4) is 0 Å². The summed E-state index contributed by atoms with van der Waals surface area (Å²) in [6.07, 6.45) is 1.41. The summed E-state index contributed by atoms with van der Waals surface area (Å²) in [6, 6.07) is 2.01. The Kier molecular flexibility index (Phi) is 6.31. The van der Waals surface area contributed by atoms with Crippen molar-refractivity contribution in [3.8, 4) is 6.07 Å². The Hall–Kier alpha value is -2.36. The Morgan fingerprint density at radius 3 is 2.26 bits per heavy atom. The molecule has 0 spiro atoms. The Bertz CT molecular complexity index is 724. The SMILES string of the molecule is CCN(C(=O)C(C#N)C(C)C)c1cn(CC)c(=O)n(CC)c1=O. The van der Waals surface area contributed by atoms with Crippen molar-refractivity contribution in [1.82, 2.24) is 9.13 Å². The van der Waals surface area contributed by atoms with Crippen molar-refractivity contribution in [2.75, 3.05) is 11.4 Å². The molecule has 1 rings (SSSR count). The Balaban J connectivity index is 3.54. The molecule has 0 radical (unpaired) electrons. The number of aromatic nitrogens is 2. The summed E-state index contributed by atoms with van der Waals surface area (Å²) < 4.78 is 2.50. The highest BCUT2D eigenvalue weighted by molar-refractivity contribution is 5.96. The number of hydrogen-bond donors (Lipinski definition) is 0. The van der Waals surface area contributed by atoms with Crippen LogP contribution in [0.4, 0.5) is 5.69 Å². The number of anilines is 1. The topological polar surface area (TPSA) is 88.1 Å². The van der Waals surface area contributed by atoms with Gasteiger partial charge in [-0.15, -0.1) is 0 Å². The van der Waals surface area contributed by atoms with Gasteiger partial charge in [0.05, 0.1) is 6.07 Å². The minimum Gasteiger partial charge on any atom is -0.305 e. The van der Waals surface area contributed by atoms with Gasteiger partial charge >= 0.3 is 5.69 Å². The van der Waals surface area contributed by atoms with Gasteiger partial charge < -0.3 is 4.90 Å². The van der Waals surface area contributed by atoms with Crippen LogP contribution in [0.1, 0.15) is 34.6 Å². The Morgan fingerprint density at radius 1 is 1.26 bits per heavy atom. The van der Waals surface area contributed by atoms with Gasteiger partial charge in [0.25, 0.3) is 5.56 Å². The van der Waals surface area contributed by atoms with E-state index in [1.54, 1.807) is 34.6 Å². The monoisotopic (exact) mass is 320 g/mol. The summed E-state index contributed by atoms with van der Waals surface area (Å²) in [5.41, 5.74) is -0.757. The molecule has 7 heteroatoms. The van der Waals surface area contributed by atoms with Crippen molar-refractivity contribution in [1.29, 1.82) is 5.26 Å². The lowest BCUT2D eigenvalue weighted by Crippen LogP contribution is -2.46. The lowest BCUT2D eigenvalue weighted by Gasteiger charge is -2.25. The minimum atomic E-state index is -0.827. The van der Waals surface area contributed by atoms with E-state index in [9.17, 15) is 19.6 Å². The van der Waals surface area contributed by atoms with Gasteiger partial charge in [-0.05, 0) is 26.7 Å². The molecule has 0 saturated carbocycles. The molecule has 1 atom stereocenters. The summed E-state index contributed by atoms with van der Waals surface area (Å²) >= 11 is 0. The molecule has 23 heavy (non-hydrogen) atoms. The first-order valence-electron chi connectivity index (χ1n) is 7.89. The fourth-order valence-electron chi connectivity index (χ4n) is 2.43. The summed E-state index contributed by atoms with van der Waals surface area (Å²) in [6.45, 7) is 9.69. The van der Waals surface area contributed by atoms with Crippen molar-refractivity contribution in [3.63, 3.8) is 0 Å². The molecule has 126 valence electrons. The number of nitrogens with zero attached hydrogens (tertiary/aromatic N) is 4. The van der Waals surface area contributed by atoms with Crippen molar-refractivity contribution < 1.29 is 4.79 Å². The molecule has 0 aliphatic heterocycles. The van der Waals surface area contributed by atoms with Crippen LogP contribution in [0.15, 0.2) is 15.8 Å². The summed E-state index contributed by atoms with van der Waals surface area (Å²) in [4.78, 5) is 38.7. The fourth-order valence-corrected chi connectivity index (χ4v) is 2.43. The van der Waals surface area contributed by atoms with Crippen LogP contribution in [0, 0.1) is 23.2 Å². The number of hydrogen-bond acceptors (Lipinski definition) is 4. The standard InChI is InChI=1S/C16H24N4O3/c1-6-18-10-13(15(22)20(8-3)16(18)23)19(7-2)14(21)12(9-17)11(4)5/h10-12H,6-8H2,1-5H3. The predicted molar refractivity (Wildman–Crippen MR) is 88.3 cm³/mol. The summed E-state index contributed by atoms with van der Waals surface area (Å²) in [5, 5.41) is 9.24. The van der Waals surface area contributed by atoms with E-state index in [1.165, 1.54) is 15.7 Å². The molecule has 0 aliphatic carbocycles. The van der Waals surface area contributed by atoms with Crippen LogP contribution in [-0.2, 0) is 17.9 Å². The molecule has 1 aromatic heterocycles. The van der Waals surface area contributed by atoms with Gasteiger partial charge in [-0.3, -0.25) is 18.7 Å². The molecular weight excluding hydrogens is 296 g/mol. The van der Waals surface area contributed by atoms with E-state index in [2.05, 4.69) is 0 Å². The van der Waals surface area contributed by atoms with Crippen LogP contribution < -0.4 is 16.1 Å². The molecule has 0 fully saturated rings. The number of rotatable bonds is 6. The van der Waals surface area contributed by atoms with Gasteiger partial charge in [0.1, 0.15) is 11.6 Å². The molecular formula is C16H24N4O3. The number of carbonyl (C=O) groups is 1. The maximum Gasteiger partial charge on any atom is 0.331 e. The second-order valence-electron chi connectivity index (χ2n) is 5.57. The van der Waals surface area contributed by atoms with Gasteiger partial charge in [0, 0.05) is 25.8 Å². The zero-order valence-electron chi connectivity index (χ0n) is 14.4. The minimum absolute atomic E-state index is 0.140. The average molecular weight is 320 g/mol. The van der Waals surface area contributed by atoms with Crippen molar-refractivity contribution >= 4 is 11.6 Å². The molecule has 1 amide bonds. The lowest BCUT2D eigenvalue weighted by atomic mass is 9.96. The average Bonchev–Trinajstić information content (AvgIpc) is 2.51. The Labute approximate surface area is 135 Å². The summed E-state index contributed by atoms with van der Waals surface area (Å²) in [7, 11) is 0. The smallest absolute Gasteiger partial charge is 0.305 e. The molecule has 1 heterocycles. The summed E-state index contributed by atoms with van der Waals surface area (Å²) in [5.74, 6) is -1.40. The molecule has 0 bridgehead atoms. The molecule has 0 saturated heterocycles. The van der Waals surface area contributed by atoms with Gasteiger partial charge in [0.15, 0.2) is 0 Å². The van der Waals surface area contributed by atoms with Gasteiger partial charge in [-0.1, -0.05) is 13.8 Å². The fraction of sp³-hybridized carbons (Fsp3) is 0.625. The third-order valence-corrected chi connectivity index (χ3v) is 3.82. The van der Waals surface area contributed by atoms with Crippen molar-refractivity contribution in [2.45, 2.75) is 47.7 Å². The maximum absolute atomic E-state index is 12.7. The van der Waals surface area contributed by atoms with Gasteiger partial charge in [-0.25, -0.2) is 4.79 Å². The number of nitriles is 1. The third-order valence-electron chi connectivity index (χ3n) is 3.82. The first kappa shape index (κ1) is 18.7. The zero-order valence-corrected chi connectivity index (χ0v) is 14.4. The zero-order chi connectivity index (χ0) is 17.7. The van der Waals surface area contributed by atoms with Gasteiger partial charge in [-0.2, -0.15) is 5.26 Å². The van der Waals surface area contributed by atoms with E-state index in [0.717, 1.165) is 4.57 Å². The lowest BCUT2D eigenvalue weighted by molar-refractivity contribution is -0.121. The molecule has 0 N–H and O–H groups in total. The quantitative estimate of drug-likeness (QED) is 0.788. The molecule has 1 unspecified atom stereocenters. The molecule has 0 aromatic carbocycles. The van der Waals surface area contributed by atoms with Crippen LogP contribution in [0.5, 0.6) is 0 Å². The van der Waals surface area contributed by atoms with E-state index < -0.39 is 23.1 Å². The third kappa shape index (κ3) is 3.52. The van der Waals surface area contributed by atoms with Crippen molar-refractivity contribution in [3.05, 3.63) is 27.0 Å². The highest BCUT2D eigenvalue weighted by atomic mass is 16.2.